The molecule has 316 valence electrons. The van der Waals surface area contributed by atoms with Crippen LogP contribution in [-0.2, 0) is 0 Å². The van der Waals surface area contributed by atoms with Crippen molar-refractivity contribution in [3.8, 4) is 44.5 Å². The fourth-order valence-electron chi connectivity index (χ4n) is 9.31. The average Bonchev–Trinajstić information content (AvgIpc) is 4.18. The highest BCUT2D eigenvalue weighted by molar-refractivity contribution is 6.00. The quantitative estimate of drug-likeness (QED) is 0.121. The summed E-state index contributed by atoms with van der Waals surface area (Å²) in [6.45, 7) is 18.9. The van der Waals surface area contributed by atoms with E-state index in [1.165, 1.54) is 17.1 Å². The third-order valence-corrected chi connectivity index (χ3v) is 12.7. The molecule has 0 atom stereocenters. The molecule has 7 heteroatoms. The molecule has 0 unspecified atom stereocenters. The molecule has 2 aliphatic heterocycles. The molecule has 3 aromatic heterocycles. The third kappa shape index (κ3) is 7.96. The molecule has 4 aromatic carbocycles. The molecule has 0 saturated heterocycles. The van der Waals surface area contributed by atoms with Gasteiger partial charge < -0.3 is 24.7 Å². The van der Waals surface area contributed by atoms with Gasteiger partial charge in [0.05, 0.1) is 22.8 Å². The Morgan fingerprint density at radius 1 is 0.317 bits per heavy atom. The zero-order valence-electron chi connectivity index (χ0n) is 37.4. The monoisotopic (exact) mass is 827 g/mol. The van der Waals surface area contributed by atoms with Crippen LogP contribution in [-0.4, -0.2) is 59.2 Å². The van der Waals surface area contributed by atoms with Gasteiger partial charge in [0.2, 0.25) is 0 Å². The molecule has 9 rings (SSSR count). The maximum absolute atomic E-state index is 5.55. The van der Waals surface area contributed by atoms with Crippen LogP contribution in [0.3, 0.4) is 0 Å². The van der Waals surface area contributed by atoms with Crippen molar-refractivity contribution in [2.45, 2.75) is 41.5 Å². The summed E-state index contributed by atoms with van der Waals surface area (Å²) in [5, 5.41) is 0. The summed E-state index contributed by atoms with van der Waals surface area (Å²) in [5.41, 5.74) is 19.8. The van der Waals surface area contributed by atoms with Crippen molar-refractivity contribution in [3.05, 3.63) is 150 Å². The predicted molar refractivity (Wildman–Crippen MR) is 271 cm³/mol. The fraction of sp³-hybridized carbons (Fsp3) is 0.214. The van der Waals surface area contributed by atoms with Gasteiger partial charge in [-0.05, 0) is 149 Å². The number of rotatable bonds is 13. The molecule has 0 radical (unpaired) electrons. The minimum absolute atomic E-state index is 0.903. The Kier molecular flexibility index (Phi) is 11.8. The van der Waals surface area contributed by atoms with Crippen molar-refractivity contribution < 1.29 is 0 Å². The molecular weight excluding hydrogens is 771 g/mol. The van der Waals surface area contributed by atoms with E-state index in [4.69, 9.17) is 9.97 Å². The molecule has 8 bridgehead atoms. The van der Waals surface area contributed by atoms with E-state index in [1.54, 1.807) is 0 Å². The van der Waals surface area contributed by atoms with Crippen molar-refractivity contribution in [1.82, 2.24) is 19.9 Å². The van der Waals surface area contributed by atoms with E-state index < -0.39 is 0 Å². The molecule has 0 amide bonds. The number of hydrogen-bond donors (Lipinski definition) is 2. The van der Waals surface area contributed by atoms with Crippen LogP contribution < -0.4 is 14.7 Å². The minimum atomic E-state index is 0.903. The second kappa shape index (κ2) is 18.1. The Hall–Kier alpha value is -7.12. The van der Waals surface area contributed by atoms with Crippen LogP contribution in [0.2, 0.25) is 0 Å². The summed E-state index contributed by atoms with van der Waals surface area (Å²) in [7, 11) is 0. The zero-order valence-corrected chi connectivity index (χ0v) is 37.4. The van der Waals surface area contributed by atoms with Gasteiger partial charge >= 0.3 is 0 Å². The normalized spacial score (nSPS) is 11.9. The van der Waals surface area contributed by atoms with Crippen molar-refractivity contribution >= 4 is 63.4 Å². The van der Waals surface area contributed by atoms with Gasteiger partial charge in [-0.1, -0.05) is 66.7 Å². The summed E-state index contributed by atoms with van der Waals surface area (Å²) in [4.78, 5) is 26.0. The van der Waals surface area contributed by atoms with Gasteiger partial charge in [-0.15, -0.1) is 0 Å². The molecule has 2 aliphatic rings. The molecule has 0 aliphatic carbocycles. The van der Waals surface area contributed by atoms with Crippen LogP contribution in [0.4, 0.5) is 17.1 Å². The first kappa shape index (κ1) is 41.2. The first-order chi connectivity index (χ1) is 30.9. The van der Waals surface area contributed by atoms with Gasteiger partial charge in [0.25, 0.3) is 0 Å². The Morgan fingerprint density at radius 2 is 0.571 bits per heavy atom. The summed E-state index contributed by atoms with van der Waals surface area (Å²) in [6, 6.07) is 46.3. The van der Waals surface area contributed by atoms with Crippen molar-refractivity contribution in [2.24, 2.45) is 0 Å². The van der Waals surface area contributed by atoms with E-state index >= 15 is 0 Å². The van der Waals surface area contributed by atoms with E-state index in [2.05, 4.69) is 218 Å². The van der Waals surface area contributed by atoms with Gasteiger partial charge in [0.15, 0.2) is 0 Å². The summed E-state index contributed by atoms with van der Waals surface area (Å²) < 4.78 is 0. The van der Waals surface area contributed by atoms with Crippen molar-refractivity contribution in [2.75, 3.05) is 54.0 Å². The first-order valence-corrected chi connectivity index (χ1v) is 22.7. The Bertz CT molecular complexity index is 2890. The summed E-state index contributed by atoms with van der Waals surface area (Å²) >= 11 is 0. The van der Waals surface area contributed by atoms with Crippen molar-refractivity contribution in [3.63, 3.8) is 0 Å². The van der Waals surface area contributed by atoms with Crippen LogP contribution in [0.1, 0.15) is 64.3 Å². The second-order valence-corrected chi connectivity index (χ2v) is 16.0. The first-order valence-electron chi connectivity index (χ1n) is 22.7. The number of fused-ring (bicyclic) bond motifs is 8. The molecular formula is C56H57N7. The fourth-order valence-corrected chi connectivity index (χ4v) is 9.31. The average molecular weight is 828 g/mol. The molecule has 7 nitrogen and oxygen atoms in total. The minimum Gasteiger partial charge on any atom is -0.372 e. The summed E-state index contributed by atoms with van der Waals surface area (Å²) in [6.07, 6.45) is 8.70. The van der Waals surface area contributed by atoms with E-state index in [1.807, 2.05) is 0 Å². The maximum Gasteiger partial charge on any atom is 0.0737 e. The van der Waals surface area contributed by atoms with Gasteiger partial charge in [-0.25, -0.2) is 9.97 Å². The van der Waals surface area contributed by atoms with Crippen LogP contribution in [0, 0.1) is 0 Å². The number of nitrogens with zero attached hydrogens (tertiary/aromatic N) is 5. The van der Waals surface area contributed by atoms with Gasteiger partial charge in [0.1, 0.15) is 0 Å². The van der Waals surface area contributed by atoms with E-state index in [9.17, 15) is 0 Å². The lowest BCUT2D eigenvalue weighted by Gasteiger charge is -2.21. The summed E-state index contributed by atoms with van der Waals surface area (Å²) in [5.74, 6) is 0. The van der Waals surface area contributed by atoms with Gasteiger partial charge in [-0.2, -0.15) is 0 Å². The number of aromatic nitrogens is 4. The Labute approximate surface area is 372 Å². The lowest BCUT2D eigenvalue weighted by Crippen LogP contribution is -2.21. The topological polar surface area (TPSA) is 67.1 Å². The Balaban J connectivity index is 1.39. The van der Waals surface area contributed by atoms with Crippen LogP contribution >= 0.6 is 0 Å². The third-order valence-electron chi connectivity index (χ3n) is 12.7. The van der Waals surface area contributed by atoms with Crippen LogP contribution in [0.15, 0.2) is 127 Å². The van der Waals surface area contributed by atoms with E-state index in [0.717, 1.165) is 129 Å². The van der Waals surface area contributed by atoms with Crippen LogP contribution in [0.25, 0.3) is 90.9 Å². The van der Waals surface area contributed by atoms with E-state index in [-0.39, 0.29) is 0 Å². The number of anilines is 3. The number of hydrogen-bond acceptors (Lipinski definition) is 5. The highest BCUT2D eigenvalue weighted by Gasteiger charge is 2.20. The van der Waals surface area contributed by atoms with Crippen LogP contribution in [0.5, 0.6) is 0 Å². The Morgan fingerprint density at radius 3 is 0.825 bits per heavy atom. The number of benzene rings is 4. The lowest BCUT2D eigenvalue weighted by atomic mass is 10.0. The SMILES string of the molecule is CCN(CC)c1ccc(-c2c3nc(c(-c4ccc(N(CC)CC)cc4)c4ccc([nH]4)c(-c4ccc(N(CC)CC)cc4)c4nc(c(-c5ccccc5)c5ccc2[nH]5)C=C4)C=C3)cc1. The number of nitrogens with one attached hydrogen (secondary N) is 2. The predicted octanol–water partition coefficient (Wildman–Crippen LogP) is 13.9. The van der Waals surface area contributed by atoms with E-state index in [0.29, 0.717) is 0 Å². The molecule has 2 N–H and O–H groups in total. The molecule has 0 saturated carbocycles. The zero-order chi connectivity index (χ0) is 43.5. The largest absolute Gasteiger partial charge is 0.372 e. The van der Waals surface area contributed by atoms with Gasteiger partial charge in [0, 0.05) is 101 Å². The van der Waals surface area contributed by atoms with Crippen molar-refractivity contribution in [1.29, 1.82) is 0 Å². The molecule has 5 heterocycles. The number of aromatic amines is 2. The molecule has 0 fully saturated rings. The molecule has 63 heavy (non-hydrogen) atoms. The standard InChI is InChI=1S/C56H57N7/c1-7-61(8-2)42-24-18-39(19-25-42)54-47-32-30-45(57-47)53(38-16-14-13-15-17-38)46-31-33-48(58-46)55(40-20-26-43(27-21-40)62(9-3)10-4)50-35-37-52(60-50)56(51-36-34-49(54)59-51)41-22-28-44(29-23-41)63(11-5)12-6/h13-37,57,60H,7-12H2,1-6H3. The highest BCUT2D eigenvalue weighted by Crippen LogP contribution is 2.39. The number of H-pyrrole nitrogens is 2. The molecule has 0 spiro atoms. The molecule has 7 aromatic rings. The second-order valence-electron chi connectivity index (χ2n) is 16.0. The van der Waals surface area contributed by atoms with Gasteiger partial charge in [-0.3, -0.25) is 0 Å². The smallest absolute Gasteiger partial charge is 0.0737 e. The maximum atomic E-state index is 5.55. The highest BCUT2D eigenvalue weighted by atomic mass is 15.1. The lowest BCUT2D eigenvalue weighted by molar-refractivity contribution is 0.866.